The van der Waals surface area contributed by atoms with Crippen LogP contribution >= 0.6 is 0 Å². The second-order valence-corrected chi connectivity index (χ2v) is 10.8. The number of nitrogens with zero attached hydrogens (tertiary/aromatic N) is 2. The van der Waals surface area contributed by atoms with Gasteiger partial charge in [0.2, 0.25) is 0 Å². The standard InChI is InChI=1S/C25H26F2N2O5S/c1-15(2)33-25(30)29-11-8-16(9-12-29)34-22-7-10-28-24-17(5-4-6-18(22)24)19-13-21(27)23(14-20(19)26)35(3,31)32/h4-7,10,13-16H,8-9,11-12H2,1-3H3. The lowest BCUT2D eigenvalue weighted by Crippen LogP contribution is -2.42. The fourth-order valence-corrected chi connectivity index (χ4v) is 4.83. The van der Waals surface area contributed by atoms with Gasteiger partial charge in [-0.25, -0.2) is 22.0 Å². The summed E-state index contributed by atoms with van der Waals surface area (Å²) in [5.74, 6) is -1.36. The molecular weight excluding hydrogens is 478 g/mol. The molecule has 1 amide bonds. The largest absolute Gasteiger partial charge is 0.490 e. The Morgan fingerprint density at radius 3 is 2.46 bits per heavy atom. The number of aromatic nitrogens is 1. The van der Waals surface area contributed by atoms with Gasteiger partial charge in [0, 0.05) is 54.9 Å². The van der Waals surface area contributed by atoms with Gasteiger partial charge in [0.05, 0.1) is 11.6 Å². The molecule has 0 unspecified atom stereocenters. The van der Waals surface area contributed by atoms with E-state index in [2.05, 4.69) is 4.98 Å². The van der Waals surface area contributed by atoms with Crippen LogP contribution in [0.2, 0.25) is 0 Å². The van der Waals surface area contributed by atoms with Gasteiger partial charge in [-0.15, -0.1) is 0 Å². The smallest absolute Gasteiger partial charge is 0.410 e. The maximum atomic E-state index is 14.9. The Balaban J connectivity index is 1.60. The fraction of sp³-hybridized carbons (Fsp3) is 0.360. The van der Waals surface area contributed by atoms with Gasteiger partial charge in [0.15, 0.2) is 9.84 Å². The van der Waals surface area contributed by atoms with E-state index in [1.165, 1.54) is 6.20 Å². The zero-order chi connectivity index (χ0) is 25.3. The maximum absolute atomic E-state index is 14.9. The number of carbonyl (C=O) groups is 1. The second-order valence-electron chi connectivity index (χ2n) is 8.78. The van der Waals surface area contributed by atoms with Crippen LogP contribution in [-0.2, 0) is 14.6 Å². The quantitative estimate of drug-likeness (QED) is 0.488. The van der Waals surface area contributed by atoms with Crippen molar-refractivity contribution in [1.82, 2.24) is 9.88 Å². The zero-order valence-corrected chi connectivity index (χ0v) is 20.4. The Kier molecular flexibility index (Phi) is 6.93. The highest BCUT2D eigenvalue weighted by atomic mass is 32.2. The molecule has 0 radical (unpaired) electrons. The number of likely N-dealkylation sites (tertiary alicyclic amines) is 1. The molecule has 1 aliphatic heterocycles. The topological polar surface area (TPSA) is 85.8 Å². The van der Waals surface area contributed by atoms with Crippen LogP contribution in [0.5, 0.6) is 5.75 Å². The SMILES string of the molecule is CC(C)OC(=O)N1CCC(Oc2ccnc3c(-c4cc(F)c(S(C)(=O)=O)cc4F)cccc23)CC1. The molecular formula is C25H26F2N2O5S. The number of para-hydroxylation sites is 1. The van der Waals surface area contributed by atoms with Crippen molar-refractivity contribution in [2.75, 3.05) is 19.3 Å². The van der Waals surface area contributed by atoms with Crippen LogP contribution in [0.15, 0.2) is 47.5 Å². The number of pyridine rings is 1. The molecule has 3 aromatic rings. The Bertz CT molecular complexity index is 1370. The van der Waals surface area contributed by atoms with E-state index in [0.717, 1.165) is 12.3 Å². The normalized spacial score (nSPS) is 15.0. The number of hydrogen-bond acceptors (Lipinski definition) is 6. The molecule has 10 heteroatoms. The predicted molar refractivity (Wildman–Crippen MR) is 127 cm³/mol. The molecule has 0 N–H and O–H groups in total. The average Bonchev–Trinajstić information content (AvgIpc) is 2.79. The minimum Gasteiger partial charge on any atom is -0.490 e. The molecule has 0 spiro atoms. The molecule has 186 valence electrons. The first-order chi connectivity index (χ1) is 16.5. The molecule has 2 heterocycles. The number of fused-ring (bicyclic) bond motifs is 1. The highest BCUT2D eigenvalue weighted by Crippen LogP contribution is 2.35. The molecule has 0 saturated carbocycles. The number of amides is 1. The average molecular weight is 505 g/mol. The molecule has 0 atom stereocenters. The first kappa shape index (κ1) is 24.8. The number of ether oxygens (including phenoxy) is 2. The van der Waals surface area contributed by atoms with Gasteiger partial charge >= 0.3 is 6.09 Å². The summed E-state index contributed by atoms with van der Waals surface area (Å²) < 4.78 is 64.4. The van der Waals surface area contributed by atoms with E-state index in [9.17, 15) is 22.0 Å². The van der Waals surface area contributed by atoms with E-state index in [4.69, 9.17) is 9.47 Å². The third-order valence-electron chi connectivity index (χ3n) is 5.77. The van der Waals surface area contributed by atoms with Gasteiger partial charge in [0.1, 0.15) is 28.4 Å². The molecule has 0 aliphatic carbocycles. The number of sulfone groups is 1. The van der Waals surface area contributed by atoms with Gasteiger partial charge in [-0.1, -0.05) is 12.1 Å². The molecule has 1 saturated heterocycles. The number of benzene rings is 2. The van der Waals surface area contributed by atoms with Crippen molar-refractivity contribution in [2.24, 2.45) is 0 Å². The van der Waals surface area contributed by atoms with E-state index < -0.39 is 26.4 Å². The summed E-state index contributed by atoms with van der Waals surface area (Å²) in [6.07, 6.45) is 2.91. The number of hydrogen-bond donors (Lipinski definition) is 0. The van der Waals surface area contributed by atoms with Crippen LogP contribution in [0, 0.1) is 11.6 Å². The van der Waals surface area contributed by atoms with Crippen LogP contribution in [0.25, 0.3) is 22.0 Å². The number of rotatable bonds is 5. The first-order valence-corrected chi connectivity index (χ1v) is 13.1. The van der Waals surface area contributed by atoms with Crippen molar-refractivity contribution < 1.29 is 31.5 Å². The van der Waals surface area contributed by atoms with E-state index in [-0.39, 0.29) is 23.9 Å². The van der Waals surface area contributed by atoms with E-state index in [0.29, 0.717) is 54.2 Å². The Morgan fingerprint density at radius 1 is 1.09 bits per heavy atom. The second kappa shape index (κ2) is 9.77. The zero-order valence-electron chi connectivity index (χ0n) is 19.6. The van der Waals surface area contributed by atoms with Gasteiger partial charge in [-0.3, -0.25) is 4.98 Å². The fourth-order valence-electron chi connectivity index (χ4n) is 4.10. The molecule has 1 aliphatic rings. The molecule has 35 heavy (non-hydrogen) atoms. The number of piperidine rings is 1. The highest BCUT2D eigenvalue weighted by molar-refractivity contribution is 7.90. The molecule has 1 fully saturated rings. The molecule has 2 aromatic carbocycles. The minimum atomic E-state index is -3.92. The van der Waals surface area contributed by atoms with Crippen molar-refractivity contribution in [3.63, 3.8) is 0 Å². The summed E-state index contributed by atoms with van der Waals surface area (Å²) in [5.41, 5.74) is 0.617. The van der Waals surface area contributed by atoms with E-state index in [1.807, 2.05) is 0 Å². The summed E-state index contributed by atoms with van der Waals surface area (Å²) in [7, 11) is -3.92. The van der Waals surface area contributed by atoms with Crippen LogP contribution in [0.4, 0.5) is 13.6 Å². The van der Waals surface area contributed by atoms with Gasteiger partial charge in [0.25, 0.3) is 0 Å². The van der Waals surface area contributed by atoms with Gasteiger partial charge in [-0.2, -0.15) is 0 Å². The lowest BCUT2D eigenvalue weighted by Gasteiger charge is -2.32. The van der Waals surface area contributed by atoms with Crippen molar-refractivity contribution in [3.05, 3.63) is 54.2 Å². The third kappa shape index (κ3) is 5.37. The van der Waals surface area contributed by atoms with Crippen molar-refractivity contribution >= 4 is 26.8 Å². The minimum absolute atomic E-state index is 0.0953. The van der Waals surface area contributed by atoms with Gasteiger partial charge < -0.3 is 14.4 Å². The maximum Gasteiger partial charge on any atom is 0.410 e. The molecule has 0 bridgehead atoms. The lowest BCUT2D eigenvalue weighted by atomic mass is 10.0. The summed E-state index contributed by atoms with van der Waals surface area (Å²) in [4.78, 5) is 17.4. The highest BCUT2D eigenvalue weighted by Gasteiger charge is 2.26. The summed E-state index contributed by atoms with van der Waals surface area (Å²) in [6.45, 7) is 4.61. The monoisotopic (exact) mass is 504 g/mol. The Hall–Kier alpha value is -3.27. The Morgan fingerprint density at radius 2 is 1.80 bits per heavy atom. The molecule has 1 aromatic heterocycles. The van der Waals surface area contributed by atoms with Crippen LogP contribution in [0.1, 0.15) is 26.7 Å². The van der Waals surface area contributed by atoms with Crippen LogP contribution < -0.4 is 4.74 Å². The number of halogens is 2. The first-order valence-electron chi connectivity index (χ1n) is 11.2. The summed E-state index contributed by atoms with van der Waals surface area (Å²) >= 11 is 0. The van der Waals surface area contributed by atoms with E-state index >= 15 is 0 Å². The summed E-state index contributed by atoms with van der Waals surface area (Å²) in [6, 6.07) is 8.32. The summed E-state index contributed by atoms with van der Waals surface area (Å²) in [5, 5.41) is 0.610. The Labute approximate surface area is 202 Å². The third-order valence-corrected chi connectivity index (χ3v) is 6.88. The molecule has 7 nitrogen and oxygen atoms in total. The number of carbonyl (C=O) groups excluding carboxylic acids is 1. The predicted octanol–water partition coefficient (Wildman–Crippen LogP) is 4.97. The van der Waals surface area contributed by atoms with Crippen LogP contribution in [-0.4, -0.2) is 55.9 Å². The van der Waals surface area contributed by atoms with Crippen molar-refractivity contribution in [3.8, 4) is 16.9 Å². The molecule has 4 rings (SSSR count). The van der Waals surface area contributed by atoms with E-state index in [1.54, 1.807) is 43.0 Å². The van der Waals surface area contributed by atoms with Crippen molar-refractivity contribution in [2.45, 2.75) is 43.8 Å². The van der Waals surface area contributed by atoms with Gasteiger partial charge in [-0.05, 0) is 38.1 Å². The van der Waals surface area contributed by atoms with Crippen molar-refractivity contribution in [1.29, 1.82) is 0 Å². The lowest BCUT2D eigenvalue weighted by molar-refractivity contribution is 0.0520. The van der Waals surface area contributed by atoms with Crippen LogP contribution in [0.3, 0.4) is 0 Å².